The van der Waals surface area contributed by atoms with Crippen molar-refractivity contribution in [3.63, 3.8) is 0 Å². The fraction of sp³-hybridized carbons (Fsp3) is 0.0455. The molecule has 3 rings (SSSR count). The molecule has 5 nitrogen and oxygen atoms in total. The van der Waals surface area contributed by atoms with Gasteiger partial charge < -0.3 is 10.6 Å². The highest BCUT2D eigenvalue weighted by molar-refractivity contribution is 6.30. The molecule has 146 valence electrons. The van der Waals surface area contributed by atoms with Crippen LogP contribution in [0.5, 0.6) is 0 Å². The zero-order chi connectivity index (χ0) is 21.0. The minimum Gasteiger partial charge on any atom is -0.321 e. The van der Waals surface area contributed by atoms with E-state index in [0.717, 1.165) is 23.3 Å². The van der Waals surface area contributed by atoms with Crippen LogP contribution in [-0.4, -0.2) is 16.8 Å². The summed E-state index contributed by atoms with van der Waals surface area (Å²) in [6.45, 7) is 5.72. The van der Waals surface area contributed by atoms with Gasteiger partial charge in [-0.25, -0.2) is 9.37 Å². The Kier molecular flexibility index (Phi) is 6.04. The molecule has 3 aromatic rings. The Morgan fingerprint density at radius 1 is 0.966 bits per heavy atom. The molecule has 0 aliphatic rings. The third-order valence-corrected chi connectivity index (χ3v) is 4.31. The van der Waals surface area contributed by atoms with Crippen LogP contribution in [-0.2, 0) is 0 Å². The van der Waals surface area contributed by atoms with Crippen LogP contribution in [0.25, 0.3) is 5.57 Å². The quantitative estimate of drug-likeness (QED) is 0.591. The molecule has 0 aliphatic heterocycles. The van der Waals surface area contributed by atoms with Crippen molar-refractivity contribution >= 4 is 40.5 Å². The van der Waals surface area contributed by atoms with E-state index in [-0.39, 0.29) is 17.1 Å². The van der Waals surface area contributed by atoms with Gasteiger partial charge in [0.1, 0.15) is 11.6 Å². The number of benzene rings is 2. The highest BCUT2D eigenvalue weighted by Crippen LogP contribution is 2.21. The Labute approximate surface area is 172 Å². The lowest BCUT2D eigenvalue weighted by Gasteiger charge is -2.12. The summed E-state index contributed by atoms with van der Waals surface area (Å²) >= 11 is 5.78. The largest absolute Gasteiger partial charge is 0.321 e. The van der Waals surface area contributed by atoms with Crippen molar-refractivity contribution in [3.8, 4) is 0 Å². The average molecular weight is 410 g/mol. The van der Waals surface area contributed by atoms with E-state index < -0.39 is 17.6 Å². The molecular formula is C22H17ClFN3O2. The van der Waals surface area contributed by atoms with E-state index in [1.165, 1.54) is 18.3 Å². The first-order valence-corrected chi connectivity index (χ1v) is 9.01. The topological polar surface area (TPSA) is 71.1 Å². The zero-order valence-corrected chi connectivity index (χ0v) is 16.3. The van der Waals surface area contributed by atoms with E-state index in [2.05, 4.69) is 22.2 Å². The molecule has 0 bridgehead atoms. The highest BCUT2D eigenvalue weighted by Gasteiger charge is 2.16. The molecule has 1 aromatic heterocycles. The van der Waals surface area contributed by atoms with Gasteiger partial charge in [0, 0.05) is 11.8 Å². The SMILES string of the molecule is C=C(C)c1ccc(C(=O)Nc2ccc(F)cc2C(=O)Nc2ccc(Cl)cn2)cc1. The number of hydrogen-bond acceptors (Lipinski definition) is 3. The fourth-order valence-electron chi connectivity index (χ4n) is 2.55. The average Bonchev–Trinajstić information content (AvgIpc) is 2.71. The van der Waals surface area contributed by atoms with Crippen LogP contribution >= 0.6 is 11.6 Å². The van der Waals surface area contributed by atoms with Gasteiger partial charge in [0.2, 0.25) is 0 Å². The van der Waals surface area contributed by atoms with E-state index in [1.54, 1.807) is 30.3 Å². The number of carbonyl (C=O) groups is 2. The number of carbonyl (C=O) groups excluding carboxylic acids is 2. The minimum absolute atomic E-state index is 0.0337. The van der Waals surface area contributed by atoms with Crippen molar-refractivity contribution in [1.29, 1.82) is 0 Å². The van der Waals surface area contributed by atoms with Crippen LogP contribution in [0.2, 0.25) is 5.02 Å². The third kappa shape index (κ3) is 5.06. The van der Waals surface area contributed by atoms with E-state index in [1.807, 2.05) is 6.92 Å². The summed E-state index contributed by atoms with van der Waals surface area (Å²) in [5.74, 6) is -1.41. The Morgan fingerprint density at radius 3 is 2.28 bits per heavy atom. The Morgan fingerprint density at radius 2 is 1.66 bits per heavy atom. The first kappa shape index (κ1) is 20.2. The fourth-order valence-corrected chi connectivity index (χ4v) is 2.66. The number of hydrogen-bond donors (Lipinski definition) is 2. The van der Waals surface area contributed by atoms with Crippen LogP contribution in [0.3, 0.4) is 0 Å². The summed E-state index contributed by atoms with van der Waals surface area (Å²) in [6.07, 6.45) is 1.38. The zero-order valence-electron chi connectivity index (χ0n) is 15.5. The monoisotopic (exact) mass is 409 g/mol. The van der Waals surface area contributed by atoms with Crippen molar-refractivity contribution in [2.75, 3.05) is 10.6 Å². The molecule has 0 aliphatic carbocycles. The number of nitrogens with one attached hydrogen (secondary N) is 2. The van der Waals surface area contributed by atoms with Gasteiger partial charge in [0.05, 0.1) is 16.3 Å². The van der Waals surface area contributed by atoms with Gasteiger partial charge in [0.25, 0.3) is 11.8 Å². The van der Waals surface area contributed by atoms with E-state index in [9.17, 15) is 14.0 Å². The van der Waals surface area contributed by atoms with E-state index in [4.69, 9.17) is 11.6 Å². The van der Waals surface area contributed by atoms with Gasteiger partial charge >= 0.3 is 0 Å². The van der Waals surface area contributed by atoms with Crippen LogP contribution in [0, 0.1) is 5.82 Å². The Bertz CT molecular complexity index is 1080. The van der Waals surface area contributed by atoms with Crippen molar-refractivity contribution in [2.24, 2.45) is 0 Å². The summed E-state index contributed by atoms with van der Waals surface area (Å²) < 4.78 is 13.7. The molecule has 7 heteroatoms. The second-order valence-corrected chi connectivity index (χ2v) is 6.75. The molecule has 0 radical (unpaired) electrons. The predicted octanol–water partition coefficient (Wildman–Crippen LogP) is 5.41. The maximum atomic E-state index is 13.7. The first-order chi connectivity index (χ1) is 13.8. The number of halogens is 2. The van der Waals surface area contributed by atoms with Crippen molar-refractivity contribution in [3.05, 3.63) is 94.9 Å². The van der Waals surface area contributed by atoms with E-state index >= 15 is 0 Å². The number of rotatable bonds is 5. The van der Waals surface area contributed by atoms with Gasteiger partial charge in [-0.3, -0.25) is 9.59 Å². The Hall–Kier alpha value is -3.51. The van der Waals surface area contributed by atoms with Crippen LogP contribution < -0.4 is 10.6 Å². The second-order valence-electron chi connectivity index (χ2n) is 6.32. The lowest BCUT2D eigenvalue weighted by Crippen LogP contribution is -2.19. The molecule has 2 amide bonds. The van der Waals surface area contributed by atoms with Gasteiger partial charge in [-0.2, -0.15) is 0 Å². The first-order valence-electron chi connectivity index (χ1n) is 8.63. The molecule has 2 aromatic carbocycles. The number of amides is 2. The van der Waals surface area contributed by atoms with E-state index in [0.29, 0.717) is 10.6 Å². The van der Waals surface area contributed by atoms with Gasteiger partial charge in [-0.1, -0.05) is 35.9 Å². The standard InChI is InChI=1S/C22H17ClFN3O2/c1-13(2)14-3-5-15(6-4-14)21(28)26-19-9-8-17(24)11-18(19)22(29)27-20-10-7-16(23)12-25-20/h3-12H,1H2,2H3,(H,26,28)(H,25,27,29). The molecule has 0 unspecified atom stereocenters. The minimum atomic E-state index is -0.618. The van der Waals surface area contributed by atoms with Crippen molar-refractivity contribution in [2.45, 2.75) is 6.92 Å². The highest BCUT2D eigenvalue weighted by atomic mass is 35.5. The summed E-state index contributed by atoms with van der Waals surface area (Å²) in [5, 5.41) is 5.61. The molecule has 0 fully saturated rings. The van der Waals surface area contributed by atoms with Crippen LogP contribution in [0.1, 0.15) is 33.2 Å². The lowest BCUT2D eigenvalue weighted by molar-refractivity contribution is 0.102. The third-order valence-electron chi connectivity index (χ3n) is 4.08. The molecule has 2 N–H and O–H groups in total. The number of pyridine rings is 1. The summed E-state index contributed by atoms with van der Waals surface area (Å²) in [7, 11) is 0. The maximum absolute atomic E-state index is 13.7. The van der Waals surface area contributed by atoms with Gasteiger partial charge in [-0.05, 0) is 55.0 Å². The normalized spacial score (nSPS) is 10.3. The summed E-state index contributed by atoms with van der Waals surface area (Å²) in [5.41, 5.74) is 2.33. The molecule has 1 heterocycles. The molecule has 0 atom stereocenters. The molecule has 29 heavy (non-hydrogen) atoms. The predicted molar refractivity (Wildman–Crippen MR) is 113 cm³/mol. The van der Waals surface area contributed by atoms with Crippen LogP contribution in [0.15, 0.2) is 67.4 Å². The molecule has 0 saturated heterocycles. The number of aromatic nitrogens is 1. The molecular weight excluding hydrogens is 393 g/mol. The summed E-state index contributed by atoms with van der Waals surface area (Å²) in [4.78, 5) is 29.1. The maximum Gasteiger partial charge on any atom is 0.259 e. The number of anilines is 2. The second kappa shape index (κ2) is 8.67. The molecule has 0 spiro atoms. The van der Waals surface area contributed by atoms with Crippen molar-refractivity contribution in [1.82, 2.24) is 4.98 Å². The lowest BCUT2D eigenvalue weighted by atomic mass is 10.1. The Balaban J connectivity index is 1.82. The smallest absolute Gasteiger partial charge is 0.259 e. The molecule has 0 saturated carbocycles. The van der Waals surface area contributed by atoms with Crippen LogP contribution in [0.4, 0.5) is 15.9 Å². The van der Waals surface area contributed by atoms with Crippen molar-refractivity contribution < 1.29 is 14.0 Å². The number of nitrogens with zero attached hydrogens (tertiary/aromatic N) is 1. The van der Waals surface area contributed by atoms with Gasteiger partial charge in [-0.15, -0.1) is 0 Å². The number of allylic oxidation sites excluding steroid dienone is 1. The van der Waals surface area contributed by atoms with Gasteiger partial charge in [0.15, 0.2) is 0 Å². The summed E-state index contributed by atoms with van der Waals surface area (Å²) in [6, 6.07) is 13.5.